The Balaban J connectivity index is 1.35. The van der Waals surface area contributed by atoms with Crippen LogP contribution in [0.3, 0.4) is 0 Å². The minimum Gasteiger partial charge on any atom is -0.378 e. The van der Waals surface area contributed by atoms with Crippen LogP contribution in [0.4, 0.5) is 11.5 Å². The number of aromatic nitrogens is 3. The molecule has 0 aliphatic carbocycles. The number of hydrogen-bond donors (Lipinski definition) is 2. The van der Waals surface area contributed by atoms with Crippen LogP contribution in [-0.2, 0) is 4.79 Å². The Kier molecular flexibility index (Phi) is 6.66. The maximum absolute atomic E-state index is 13.3. The Morgan fingerprint density at radius 2 is 2.00 bits per heavy atom. The summed E-state index contributed by atoms with van der Waals surface area (Å²) >= 11 is 0. The van der Waals surface area contributed by atoms with Crippen LogP contribution >= 0.6 is 0 Å². The van der Waals surface area contributed by atoms with Crippen LogP contribution in [0.1, 0.15) is 29.9 Å². The summed E-state index contributed by atoms with van der Waals surface area (Å²) < 4.78 is 0. The standard InChI is InChI=1S/C28H32N6O/c1-33(2)22-11-9-20(10-12-22)24(25-17-31-26-8-4-3-7-23(25)26)16-32-28(35)21-6-5-15-34(19-21)27-18-29-13-14-30-27/h3-4,7-14,17-18,21,24,31H,5-6,15-16,19H2,1-2H3,(H,32,35). The molecule has 1 aliphatic heterocycles. The van der Waals surface area contributed by atoms with Crippen molar-refractivity contribution in [3.63, 3.8) is 0 Å². The molecule has 2 aromatic carbocycles. The third-order valence-electron chi connectivity index (χ3n) is 6.95. The van der Waals surface area contributed by atoms with Gasteiger partial charge in [-0.3, -0.25) is 9.78 Å². The number of rotatable bonds is 7. The van der Waals surface area contributed by atoms with Crippen LogP contribution in [0.25, 0.3) is 10.9 Å². The first-order valence-electron chi connectivity index (χ1n) is 12.2. The highest BCUT2D eigenvalue weighted by Gasteiger charge is 2.28. The van der Waals surface area contributed by atoms with E-state index in [1.807, 2.05) is 20.2 Å². The van der Waals surface area contributed by atoms with Gasteiger partial charge in [0, 0.05) is 74.8 Å². The number of anilines is 2. The fourth-order valence-corrected chi connectivity index (χ4v) is 5.00. The van der Waals surface area contributed by atoms with Crippen molar-refractivity contribution >= 4 is 28.3 Å². The van der Waals surface area contributed by atoms with E-state index in [-0.39, 0.29) is 17.7 Å². The second kappa shape index (κ2) is 10.2. The summed E-state index contributed by atoms with van der Waals surface area (Å²) in [5, 5.41) is 4.48. The number of nitrogens with zero attached hydrogens (tertiary/aromatic N) is 4. The lowest BCUT2D eigenvalue weighted by atomic mass is 9.90. The topological polar surface area (TPSA) is 77.2 Å². The van der Waals surface area contributed by atoms with Crippen molar-refractivity contribution in [1.82, 2.24) is 20.3 Å². The molecule has 2 aromatic heterocycles. The van der Waals surface area contributed by atoms with E-state index in [1.54, 1.807) is 18.6 Å². The molecule has 1 amide bonds. The minimum absolute atomic E-state index is 0.0472. The third-order valence-corrected chi connectivity index (χ3v) is 6.95. The predicted octanol–water partition coefficient (Wildman–Crippen LogP) is 4.19. The Labute approximate surface area is 206 Å². The number of carbonyl (C=O) groups is 1. The number of aromatic amines is 1. The molecule has 2 atom stereocenters. The molecule has 35 heavy (non-hydrogen) atoms. The fourth-order valence-electron chi connectivity index (χ4n) is 5.00. The van der Waals surface area contributed by atoms with E-state index in [0.29, 0.717) is 13.1 Å². The van der Waals surface area contributed by atoms with E-state index >= 15 is 0 Å². The monoisotopic (exact) mass is 468 g/mol. The van der Waals surface area contributed by atoms with Gasteiger partial charge in [-0.05, 0) is 42.2 Å². The molecular formula is C28H32N6O. The molecule has 0 spiro atoms. The summed E-state index contributed by atoms with van der Waals surface area (Å²) in [6.45, 7) is 2.11. The molecule has 1 aliphatic rings. The van der Waals surface area contributed by atoms with E-state index in [1.165, 1.54) is 16.5 Å². The van der Waals surface area contributed by atoms with Gasteiger partial charge in [-0.15, -0.1) is 0 Å². The quantitative estimate of drug-likeness (QED) is 0.425. The van der Waals surface area contributed by atoms with Crippen LogP contribution in [0.5, 0.6) is 0 Å². The molecule has 3 heterocycles. The highest BCUT2D eigenvalue weighted by Crippen LogP contribution is 2.32. The van der Waals surface area contributed by atoms with Crippen molar-refractivity contribution < 1.29 is 4.79 Å². The fraction of sp³-hybridized carbons (Fsp3) is 0.321. The lowest BCUT2D eigenvalue weighted by molar-refractivity contribution is -0.125. The van der Waals surface area contributed by atoms with Gasteiger partial charge < -0.3 is 20.1 Å². The lowest BCUT2D eigenvalue weighted by Crippen LogP contribution is -2.44. The first-order chi connectivity index (χ1) is 17.1. The summed E-state index contributed by atoms with van der Waals surface area (Å²) in [6.07, 6.45) is 9.08. The Morgan fingerprint density at radius 3 is 2.77 bits per heavy atom. The molecule has 0 saturated carbocycles. The normalized spacial score (nSPS) is 16.7. The van der Waals surface area contributed by atoms with Gasteiger partial charge in [-0.25, -0.2) is 4.98 Å². The average Bonchev–Trinajstić information content (AvgIpc) is 3.33. The van der Waals surface area contributed by atoms with Crippen LogP contribution in [0.15, 0.2) is 73.3 Å². The summed E-state index contributed by atoms with van der Waals surface area (Å²) in [7, 11) is 4.09. The maximum Gasteiger partial charge on any atom is 0.224 e. The van der Waals surface area contributed by atoms with Gasteiger partial charge in [0.15, 0.2) is 0 Å². The summed E-state index contributed by atoms with van der Waals surface area (Å²) in [5.41, 5.74) is 4.64. The van der Waals surface area contributed by atoms with Crippen LogP contribution < -0.4 is 15.1 Å². The Morgan fingerprint density at radius 1 is 1.17 bits per heavy atom. The molecule has 180 valence electrons. The van der Waals surface area contributed by atoms with Crippen LogP contribution in [0, 0.1) is 5.92 Å². The molecular weight excluding hydrogens is 436 g/mol. The Bertz CT molecular complexity index is 1270. The predicted molar refractivity (Wildman–Crippen MR) is 141 cm³/mol. The van der Waals surface area contributed by atoms with Gasteiger partial charge >= 0.3 is 0 Å². The number of H-pyrrole nitrogens is 1. The second-order valence-corrected chi connectivity index (χ2v) is 9.42. The largest absolute Gasteiger partial charge is 0.378 e. The van der Waals surface area contributed by atoms with Gasteiger partial charge in [-0.1, -0.05) is 30.3 Å². The number of para-hydroxylation sites is 1. The van der Waals surface area contributed by atoms with E-state index in [0.717, 1.165) is 36.4 Å². The van der Waals surface area contributed by atoms with Crippen LogP contribution in [0.2, 0.25) is 0 Å². The van der Waals surface area contributed by atoms with Crippen molar-refractivity contribution in [1.29, 1.82) is 0 Å². The summed E-state index contributed by atoms with van der Waals surface area (Å²) in [6, 6.07) is 17.0. The number of hydrogen-bond acceptors (Lipinski definition) is 5. The molecule has 5 rings (SSSR count). The molecule has 0 radical (unpaired) electrons. The van der Waals surface area contributed by atoms with Crippen molar-refractivity contribution in [3.8, 4) is 0 Å². The molecule has 2 unspecified atom stereocenters. The third kappa shape index (κ3) is 4.99. The summed E-state index contributed by atoms with van der Waals surface area (Å²) in [5.74, 6) is 0.924. The number of nitrogens with one attached hydrogen (secondary N) is 2. The number of amides is 1. The zero-order valence-electron chi connectivity index (χ0n) is 20.3. The minimum atomic E-state index is -0.0644. The zero-order chi connectivity index (χ0) is 24.2. The van der Waals surface area contributed by atoms with Gasteiger partial charge in [0.25, 0.3) is 0 Å². The second-order valence-electron chi connectivity index (χ2n) is 9.42. The van der Waals surface area contributed by atoms with E-state index < -0.39 is 0 Å². The maximum atomic E-state index is 13.3. The van der Waals surface area contributed by atoms with E-state index in [9.17, 15) is 4.79 Å². The van der Waals surface area contributed by atoms with Gasteiger partial charge in [-0.2, -0.15) is 0 Å². The molecule has 2 N–H and O–H groups in total. The number of piperidine rings is 1. The van der Waals surface area contributed by atoms with Crippen molar-refractivity contribution in [2.24, 2.45) is 5.92 Å². The molecule has 0 bridgehead atoms. The molecule has 4 aromatic rings. The molecule has 1 fully saturated rings. The first-order valence-corrected chi connectivity index (χ1v) is 12.2. The van der Waals surface area contributed by atoms with Gasteiger partial charge in [0.05, 0.1) is 12.1 Å². The van der Waals surface area contributed by atoms with Crippen molar-refractivity contribution in [2.45, 2.75) is 18.8 Å². The summed E-state index contributed by atoms with van der Waals surface area (Å²) in [4.78, 5) is 29.6. The molecule has 1 saturated heterocycles. The van der Waals surface area contributed by atoms with E-state index in [4.69, 9.17) is 0 Å². The Hall–Kier alpha value is -3.87. The first kappa shape index (κ1) is 22.9. The van der Waals surface area contributed by atoms with Gasteiger partial charge in [0.2, 0.25) is 5.91 Å². The number of benzene rings is 2. The SMILES string of the molecule is CN(C)c1ccc(C(CNC(=O)C2CCCN(c3cnccn3)C2)c2c[nH]c3ccccc23)cc1. The number of carbonyl (C=O) groups excluding carboxylic acids is 1. The average molecular weight is 469 g/mol. The van der Waals surface area contributed by atoms with Crippen LogP contribution in [-0.4, -0.2) is 54.6 Å². The zero-order valence-corrected chi connectivity index (χ0v) is 20.3. The van der Waals surface area contributed by atoms with E-state index in [2.05, 4.69) is 78.7 Å². The van der Waals surface area contributed by atoms with Crippen molar-refractivity contribution in [2.75, 3.05) is 43.5 Å². The molecule has 7 nitrogen and oxygen atoms in total. The highest BCUT2D eigenvalue weighted by molar-refractivity contribution is 5.84. The lowest BCUT2D eigenvalue weighted by Gasteiger charge is -2.33. The highest BCUT2D eigenvalue weighted by atomic mass is 16.1. The van der Waals surface area contributed by atoms with Crippen molar-refractivity contribution in [3.05, 3.63) is 84.4 Å². The number of fused-ring (bicyclic) bond motifs is 1. The van der Waals surface area contributed by atoms with Gasteiger partial charge in [0.1, 0.15) is 5.82 Å². The smallest absolute Gasteiger partial charge is 0.224 e. The molecule has 7 heteroatoms.